The van der Waals surface area contributed by atoms with Crippen LogP contribution in [0.5, 0.6) is 0 Å². The van der Waals surface area contributed by atoms with Crippen molar-refractivity contribution >= 4 is 5.69 Å². The highest BCUT2D eigenvalue weighted by atomic mass is 16.7. The molecule has 1 aliphatic heterocycles. The highest BCUT2D eigenvalue weighted by Gasteiger charge is 2.29. The van der Waals surface area contributed by atoms with Gasteiger partial charge in [-0.05, 0) is 19.8 Å². The molecule has 94 valence electrons. The summed E-state index contributed by atoms with van der Waals surface area (Å²) in [6, 6.07) is 0. The minimum absolute atomic E-state index is 0.00653. The molecular weight excluding hydrogens is 226 g/mol. The average molecular weight is 241 g/mol. The van der Waals surface area contributed by atoms with Crippen molar-refractivity contribution < 1.29 is 14.4 Å². The number of aromatic nitrogens is 2. The standard InChI is InChI=1S/C10H15N3O4/c1-7-3-4-9(17-6-16-7)10-8(13(14)15)5-11-12(10)2/h5,7,9H,3-4,6H2,1-2H3. The van der Waals surface area contributed by atoms with Crippen molar-refractivity contribution in [2.24, 2.45) is 7.05 Å². The van der Waals surface area contributed by atoms with Crippen LogP contribution in [0.1, 0.15) is 31.6 Å². The molecular formula is C10H15N3O4. The first-order valence-corrected chi connectivity index (χ1v) is 5.49. The predicted octanol–water partition coefficient (Wildman–Crippen LogP) is 1.54. The zero-order chi connectivity index (χ0) is 12.4. The molecule has 17 heavy (non-hydrogen) atoms. The van der Waals surface area contributed by atoms with Crippen LogP contribution in [0.15, 0.2) is 6.20 Å². The predicted molar refractivity (Wildman–Crippen MR) is 58.3 cm³/mol. The van der Waals surface area contributed by atoms with Crippen molar-refractivity contribution in [3.63, 3.8) is 0 Å². The van der Waals surface area contributed by atoms with Crippen LogP contribution in [0.25, 0.3) is 0 Å². The van der Waals surface area contributed by atoms with Crippen LogP contribution in [0, 0.1) is 10.1 Å². The van der Waals surface area contributed by atoms with Gasteiger partial charge in [0.05, 0.1) is 11.0 Å². The van der Waals surface area contributed by atoms with Crippen LogP contribution in [0.4, 0.5) is 5.69 Å². The summed E-state index contributed by atoms with van der Waals surface area (Å²) in [7, 11) is 1.68. The first-order valence-electron chi connectivity index (χ1n) is 5.49. The normalized spacial score (nSPS) is 25.5. The second-order valence-corrected chi connectivity index (χ2v) is 4.12. The fourth-order valence-corrected chi connectivity index (χ4v) is 1.96. The van der Waals surface area contributed by atoms with E-state index in [1.807, 2.05) is 6.92 Å². The molecule has 2 heterocycles. The Morgan fingerprint density at radius 2 is 2.29 bits per heavy atom. The Morgan fingerprint density at radius 1 is 1.53 bits per heavy atom. The van der Waals surface area contributed by atoms with E-state index in [1.165, 1.54) is 10.9 Å². The van der Waals surface area contributed by atoms with Gasteiger partial charge in [-0.25, -0.2) is 0 Å². The number of hydrogen-bond acceptors (Lipinski definition) is 5. The lowest BCUT2D eigenvalue weighted by molar-refractivity contribution is -0.386. The maximum atomic E-state index is 10.9. The Bertz CT molecular complexity index is 418. The first-order chi connectivity index (χ1) is 8.09. The maximum Gasteiger partial charge on any atom is 0.312 e. The molecule has 0 amide bonds. The fraction of sp³-hybridized carbons (Fsp3) is 0.700. The Morgan fingerprint density at radius 3 is 3.00 bits per heavy atom. The third kappa shape index (κ3) is 2.45. The van der Waals surface area contributed by atoms with E-state index < -0.39 is 4.92 Å². The van der Waals surface area contributed by atoms with Gasteiger partial charge in [0, 0.05) is 7.05 Å². The number of nitro groups is 1. The molecule has 7 heteroatoms. The van der Waals surface area contributed by atoms with Crippen LogP contribution >= 0.6 is 0 Å². The summed E-state index contributed by atoms with van der Waals surface area (Å²) in [5, 5.41) is 14.8. The highest BCUT2D eigenvalue weighted by Crippen LogP contribution is 2.32. The summed E-state index contributed by atoms with van der Waals surface area (Å²) < 4.78 is 12.4. The summed E-state index contributed by atoms with van der Waals surface area (Å²) >= 11 is 0. The molecule has 0 radical (unpaired) electrons. The topological polar surface area (TPSA) is 79.4 Å². The van der Waals surface area contributed by atoms with Gasteiger partial charge >= 0.3 is 5.69 Å². The van der Waals surface area contributed by atoms with Crippen molar-refractivity contribution in [2.75, 3.05) is 6.79 Å². The Kier molecular flexibility index (Phi) is 3.39. The molecule has 1 aromatic heterocycles. The Hall–Kier alpha value is -1.47. The molecule has 7 nitrogen and oxygen atoms in total. The minimum atomic E-state index is -0.430. The SMILES string of the molecule is CC1CCC(c2c([N+](=O)[O-])cnn2C)OCO1. The molecule has 0 N–H and O–H groups in total. The van der Waals surface area contributed by atoms with E-state index in [1.54, 1.807) is 7.05 Å². The quantitative estimate of drug-likeness (QED) is 0.579. The lowest BCUT2D eigenvalue weighted by Crippen LogP contribution is -2.11. The van der Waals surface area contributed by atoms with E-state index >= 15 is 0 Å². The van der Waals surface area contributed by atoms with Crippen molar-refractivity contribution in [3.8, 4) is 0 Å². The molecule has 0 bridgehead atoms. The van der Waals surface area contributed by atoms with Gasteiger partial charge in [-0.15, -0.1) is 0 Å². The van der Waals surface area contributed by atoms with E-state index in [0.29, 0.717) is 12.1 Å². The summed E-state index contributed by atoms with van der Waals surface area (Å²) in [6.07, 6.45) is 2.56. The van der Waals surface area contributed by atoms with Gasteiger partial charge in [-0.2, -0.15) is 5.10 Å². The van der Waals surface area contributed by atoms with Gasteiger partial charge in [0.25, 0.3) is 0 Å². The molecule has 2 atom stereocenters. The minimum Gasteiger partial charge on any atom is -0.352 e. The van der Waals surface area contributed by atoms with E-state index in [-0.39, 0.29) is 24.7 Å². The fourth-order valence-electron chi connectivity index (χ4n) is 1.96. The molecule has 2 rings (SSSR count). The van der Waals surface area contributed by atoms with Gasteiger partial charge in [-0.1, -0.05) is 0 Å². The first kappa shape index (κ1) is 12.0. The smallest absolute Gasteiger partial charge is 0.312 e. The maximum absolute atomic E-state index is 10.9. The van der Waals surface area contributed by atoms with Crippen molar-refractivity contribution in [2.45, 2.75) is 32.0 Å². The van der Waals surface area contributed by atoms with Crippen LogP contribution in [0.2, 0.25) is 0 Å². The summed E-state index contributed by atoms with van der Waals surface area (Å²) in [5.41, 5.74) is 0.514. The summed E-state index contributed by atoms with van der Waals surface area (Å²) in [4.78, 5) is 10.5. The van der Waals surface area contributed by atoms with Gasteiger partial charge < -0.3 is 9.47 Å². The molecule has 0 aliphatic carbocycles. The zero-order valence-electron chi connectivity index (χ0n) is 9.83. The van der Waals surface area contributed by atoms with Crippen LogP contribution in [-0.4, -0.2) is 27.6 Å². The Balaban J connectivity index is 2.26. The number of hydrogen-bond donors (Lipinski definition) is 0. The van der Waals surface area contributed by atoms with E-state index in [4.69, 9.17) is 9.47 Å². The molecule has 2 unspecified atom stereocenters. The average Bonchev–Trinajstić information content (AvgIpc) is 2.52. The van der Waals surface area contributed by atoms with E-state index in [9.17, 15) is 10.1 Å². The molecule has 0 aromatic carbocycles. The largest absolute Gasteiger partial charge is 0.352 e. The number of rotatable bonds is 2. The lowest BCUT2D eigenvalue weighted by Gasteiger charge is -2.13. The molecule has 1 aromatic rings. The summed E-state index contributed by atoms with van der Waals surface area (Å²) in [6.45, 7) is 2.12. The van der Waals surface area contributed by atoms with Crippen molar-refractivity contribution in [1.82, 2.24) is 9.78 Å². The van der Waals surface area contributed by atoms with Crippen LogP contribution < -0.4 is 0 Å². The molecule has 1 aliphatic rings. The molecule has 1 saturated heterocycles. The van der Waals surface area contributed by atoms with Gasteiger partial charge in [0.2, 0.25) is 0 Å². The van der Waals surface area contributed by atoms with E-state index in [0.717, 1.165) is 6.42 Å². The van der Waals surface area contributed by atoms with Crippen LogP contribution in [-0.2, 0) is 16.5 Å². The molecule has 0 saturated carbocycles. The number of ether oxygens (including phenoxy) is 2. The van der Waals surface area contributed by atoms with Crippen LogP contribution in [0.3, 0.4) is 0 Å². The number of nitrogens with zero attached hydrogens (tertiary/aromatic N) is 3. The molecule has 0 spiro atoms. The monoisotopic (exact) mass is 241 g/mol. The second kappa shape index (κ2) is 4.80. The Labute approximate surface area is 98.5 Å². The zero-order valence-corrected chi connectivity index (χ0v) is 9.83. The lowest BCUT2D eigenvalue weighted by atomic mass is 10.1. The van der Waals surface area contributed by atoms with Gasteiger partial charge in [0.1, 0.15) is 24.8 Å². The second-order valence-electron chi connectivity index (χ2n) is 4.12. The highest BCUT2D eigenvalue weighted by molar-refractivity contribution is 5.34. The van der Waals surface area contributed by atoms with Gasteiger partial charge in [0.15, 0.2) is 0 Å². The summed E-state index contributed by atoms with van der Waals surface area (Å²) in [5.74, 6) is 0. The number of aryl methyl sites for hydroxylation is 1. The molecule has 1 fully saturated rings. The van der Waals surface area contributed by atoms with Crippen molar-refractivity contribution in [1.29, 1.82) is 0 Å². The van der Waals surface area contributed by atoms with Gasteiger partial charge in [-0.3, -0.25) is 14.8 Å². The third-order valence-corrected chi connectivity index (χ3v) is 2.92. The third-order valence-electron chi connectivity index (χ3n) is 2.92. The van der Waals surface area contributed by atoms with Crippen molar-refractivity contribution in [3.05, 3.63) is 22.0 Å². The van der Waals surface area contributed by atoms with E-state index in [2.05, 4.69) is 5.10 Å².